The van der Waals surface area contributed by atoms with E-state index in [1.807, 2.05) is 0 Å². The first-order valence-electron chi connectivity index (χ1n) is 5.25. The molecule has 0 fully saturated rings. The fourth-order valence-electron chi connectivity index (χ4n) is 1.19. The number of allylic oxidation sites excluding steroid dienone is 2. The summed E-state index contributed by atoms with van der Waals surface area (Å²) in [6.45, 7) is 6.80. The van der Waals surface area contributed by atoms with Crippen LogP contribution < -0.4 is 0 Å². The molecule has 0 aromatic rings. The largest absolute Gasteiger partial charge is 0.412 e. The van der Waals surface area contributed by atoms with Gasteiger partial charge < -0.3 is 5.11 Å². The zero-order chi connectivity index (χ0) is 14.3. The molecule has 0 spiro atoms. The van der Waals surface area contributed by atoms with E-state index in [9.17, 15) is 18.3 Å². The molecule has 0 amide bonds. The van der Waals surface area contributed by atoms with Gasteiger partial charge in [-0.25, -0.2) is 0 Å². The maximum Gasteiger partial charge on any atom is 0.412 e. The first-order chi connectivity index (χ1) is 8.23. The lowest BCUT2D eigenvalue weighted by Gasteiger charge is -2.22. The van der Waals surface area contributed by atoms with Crippen molar-refractivity contribution in [1.82, 2.24) is 5.06 Å². The van der Waals surface area contributed by atoms with Crippen LogP contribution in [0.25, 0.3) is 0 Å². The molecular formula is C12H18F3NO2. The summed E-state index contributed by atoms with van der Waals surface area (Å²) < 4.78 is 37.6. The lowest BCUT2D eigenvalue weighted by molar-refractivity contribution is -0.0949. The Kier molecular flexibility index (Phi) is 6.72. The molecule has 0 heterocycles. The van der Waals surface area contributed by atoms with Gasteiger partial charge in [0.1, 0.15) is 0 Å². The zero-order valence-electron chi connectivity index (χ0n) is 10.5. The Morgan fingerprint density at radius 3 is 2.44 bits per heavy atom. The van der Waals surface area contributed by atoms with Crippen LogP contribution >= 0.6 is 0 Å². The highest BCUT2D eigenvalue weighted by atomic mass is 19.4. The molecule has 0 aliphatic rings. The fraction of sp³-hybridized carbons (Fsp3) is 0.500. The number of nitrogens with zero attached hydrogens (tertiary/aromatic N) is 1. The van der Waals surface area contributed by atoms with E-state index in [0.29, 0.717) is 0 Å². The van der Waals surface area contributed by atoms with Gasteiger partial charge in [-0.1, -0.05) is 18.7 Å². The number of hydrogen-bond acceptors (Lipinski definition) is 3. The summed E-state index contributed by atoms with van der Waals surface area (Å²) in [5.41, 5.74) is -0.543. The van der Waals surface area contributed by atoms with Gasteiger partial charge in [0.05, 0.1) is 18.9 Å². The summed E-state index contributed by atoms with van der Waals surface area (Å²) in [5.74, 6) is 0. The van der Waals surface area contributed by atoms with Crippen LogP contribution in [0.3, 0.4) is 0 Å². The van der Waals surface area contributed by atoms with Crippen LogP contribution in [0.2, 0.25) is 0 Å². The Labute approximate surface area is 105 Å². The van der Waals surface area contributed by atoms with Crippen molar-refractivity contribution < 1.29 is 23.1 Å². The summed E-state index contributed by atoms with van der Waals surface area (Å²) in [6, 6.07) is 0. The molecule has 0 rings (SSSR count). The minimum atomic E-state index is -4.41. The summed E-state index contributed by atoms with van der Waals surface area (Å²) >= 11 is 0. The van der Waals surface area contributed by atoms with Gasteiger partial charge in [-0.3, -0.25) is 9.90 Å². The molecule has 1 atom stereocenters. The van der Waals surface area contributed by atoms with Crippen molar-refractivity contribution in [3.63, 3.8) is 0 Å². The van der Waals surface area contributed by atoms with E-state index in [-0.39, 0.29) is 18.5 Å². The predicted molar refractivity (Wildman–Crippen MR) is 63.5 cm³/mol. The third-order valence-electron chi connectivity index (χ3n) is 2.38. The lowest BCUT2D eigenvalue weighted by Crippen LogP contribution is -2.25. The molecule has 0 saturated carbocycles. The molecule has 1 unspecified atom stereocenters. The quantitative estimate of drug-likeness (QED) is 0.567. The Bertz CT molecular complexity index is 324. The van der Waals surface area contributed by atoms with E-state index in [4.69, 9.17) is 4.84 Å². The van der Waals surface area contributed by atoms with E-state index >= 15 is 0 Å². The highest BCUT2D eigenvalue weighted by Gasteiger charge is 2.32. The molecule has 0 radical (unpaired) electrons. The van der Waals surface area contributed by atoms with Crippen molar-refractivity contribution in [2.75, 3.05) is 14.2 Å². The zero-order valence-corrected chi connectivity index (χ0v) is 10.5. The average Bonchev–Trinajstić information content (AvgIpc) is 2.30. The molecule has 0 aromatic carbocycles. The monoisotopic (exact) mass is 265 g/mol. The predicted octanol–water partition coefficient (Wildman–Crippen LogP) is 2.81. The van der Waals surface area contributed by atoms with E-state index in [2.05, 4.69) is 13.2 Å². The SMILES string of the molecule is C=CC/C(=C\CC(O)C(=C)N(C)OC)C(F)(F)F. The van der Waals surface area contributed by atoms with Gasteiger partial charge in [0.25, 0.3) is 0 Å². The number of hydroxylamine groups is 2. The number of likely N-dealkylation sites (N-methyl/N-ethyl adjacent to an activating group) is 1. The number of aliphatic hydroxyl groups excluding tert-OH is 1. The van der Waals surface area contributed by atoms with E-state index < -0.39 is 17.9 Å². The number of rotatable bonds is 7. The summed E-state index contributed by atoms with van der Waals surface area (Å²) in [6.07, 6.45) is -3.90. The van der Waals surface area contributed by atoms with Crippen molar-refractivity contribution in [1.29, 1.82) is 0 Å². The van der Waals surface area contributed by atoms with E-state index in [1.165, 1.54) is 25.3 Å². The van der Waals surface area contributed by atoms with Crippen LogP contribution in [0, 0.1) is 0 Å². The van der Waals surface area contributed by atoms with Gasteiger partial charge in [0.15, 0.2) is 0 Å². The maximum atomic E-state index is 12.5. The third-order valence-corrected chi connectivity index (χ3v) is 2.38. The van der Waals surface area contributed by atoms with Gasteiger partial charge in [-0.2, -0.15) is 13.2 Å². The molecular weight excluding hydrogens is 247 g/mol. The van der Waals surface area contributed by atoms with Gasteiger partial charge in [-0.15, -0.1) is 6.58 Å². The van der Waals surface area contributed by atoms with Crippen LogP contribution in [0.5, 0.6) is 0 Å². The first kappa shape index (κ1) is 16.7. The van der Waals surface area contributed by atoms with Crippen LogP contribution in [-0.2, 0) is 4.84 Å². The van der Waals surface area contributed by atoms with Gasteiger partial charge in [0, 0.05) is 12.6 Å². The van der Waals surface area contributed by atoms with Crippen molar-refractivity contribution >= 4 is 0 Å². The van der Waals surface area contributed by atoms with E-state index in [0.717, 1.165) is 6.08 Å². The first-order valence-corrected chi connectivity index (χ1v) is 5.25. The molecule has 0 aromatic heterocycles. The second-order valence-corrected chi connectivity index (χ2v) is 3.64. The third kappa shape index (κ3) is 5.37. The topological polar surface area (TPSA) is 32.7 Å². The Morgan fingerprint density at radius 1 is 1.50 bits per heavy atom. The van der Waals surface area contributed by atoms with Gasteiger partial charge >= 0.3 is 6.18 Å². The highest BCUT2D eigenvalue weighted by Crippen LogP contribution is 2.29. The molecule has 0 aliphatic carbocycles. The molecule has 0 aliphatic heterocycles. The van der Waals surface area contributed by atoms with E-state index in [1.54, 1.807) is 0 Å². The van der Waals surface area contributed by atoms with Gasteiger partial charge in [0.2, 0.25) is 0 Å². The number of alkyl halides is 3. The number of halogens is 3. The Hall–Kier alpha value is -1.27. The van der Waals surface area contributed by atoms with Crippen molar-refractivity contribution in [2.24, 2.45) is 0 Å². The minimum Gasteiger partial charge on any atom is -0.387 e. The lowest BCUT2D eigenvalue weighted by atomic mass is 10.1. The second-order valence-electron chi connectivity index (χ2n) is 3.64. The number of hydrogen-bond donors (Lipinski definition) is 1. The van der Waals surface area contributed by atoms with Crippen molar-refractivity contribution in [3.05, 3.63) is 36.6 Å². The Morgan fingerprint density at radius 2 is 2.06 bits per heavy atom. The second kappa shape index (κ2) is 7.23. The molecule has 0 saturated heterocycles. The van der Waals surface area contributed by atoms with Crippen molar-refractivity contribution in [2.45, 2.75) is 25.1 Å². The summed E-state index contributed by atoms with van der Waals surface area (Å²) in [7, 11) is 2.87. The smallest absolute Gasteiger partial charge is 0.387 e. The maximum absolute atomic E-state index is 12.5. The molecule has 3 nitrogen and oxygen atoms in total. The van der Waals surface area contributed by atoms with Crippen LogP contribution in [0.1, 0.15) is 12.8 Å². The molecule has 18 heavy (non-hydrogen) atoms. The van der Waals surface area contributed by atoms with Gasteiger partial charge in [-0.05, 0) is 12.8 Å². The molecule has 0 bridgehead atoms. The molecule has 104 valence electrons. The molecule has 6 heteroatoms. The average molecular weight is 265 g/mol. The fourth-order valence-corrected chi connectivity index (χ4v) is 1.19. The minimum absolute atomic E-state index is 0.185. The standard InChI is InChI=1S/C12H18F3NO2/c1-5-6-10(12(13,14)15)7-8-11(17)9(2)16(3)18-4/h5,7,11,17H,1-2,6,8H2,3-4H3/b10-7+. The number of aliphatic hydroxyl groups is 1. The summed E-state index contributed by atoms with van der Waals surface area (Å²) in [4.78, 5) is 4.77. The molecule has 1 N–H and O–H groups in total. The van der Waals surface area contributed by atoms with Crippen molar-refractivity contribution in [3.8, 4) is 0 Å². The summed E-state index contributed by atoms with van der Waals surface area (Å²) in [5, 5.41) is 10.8. The van der Waals surface area contributed by atoms with Crippen LogP contribution in [0.15, 0.2) is 36.6 Å². The van der Waals surface area contributed by atoms with Crippen LogP contribution in [-0.4, -0.2) is 36.6 Å². The van der Waals surface area contributed by atoms with Crippen LogP contribution in [0.4, 0.5) is 13.2 Å². The highest BCUT2D eigenvalue weighted by molar-refractivity contribution is 5.14. The normalized spacial score (nSPS) is 14.2. The Balaban J connectivity index is 4.67.